The Hall–Kier alpha value is -3.28. The van der Waals surface area contributed by atoms with Crippen molar-refractivity contribution < 1.29 is 14.5 Å². The molecule has 114 valence electrons. The lowest BCUT2D eigenvalue weighted by atomic mass is 10.1. The number of hydrogen-bond donors (Lipinski definition) is 0. The fraction of sp³-hybridized carbons (Fsp3) is 0.0588. The number of benzene rings is 2. The molecule has 1 aliphatic heterocycles. The number of nitro benzene ring substituents is 1. The molecule has 3 rings (SSSR count). The second-order valence-corrected chi connectivity index (χ2v) is 5.02. The molecular weight excluding hydrogens is 296 g/mol. The molecule has 6 heteroatoms. The average molecular weight is 308 g/mol. The van der Waals surface area contributed by atoms with E-state index >= 15 is 0 Å². The van der Waals surface area contributed by atoms with Crippen LogP contribution >= 0.6 is 0 Å². The van der Waals surface area contributed by atoms with Crippen LogP contribution in [0.3, 0.4) is 0 Å². The number of aryl methyl sites for hydroxylation is 1. The van der Waals surface area contributed by atoms with Crippen LogP contribution in [0.15, 0.2) is 59.2 Å². The van der Waals surface area contributed by atoms with Crippen LogP contribution in [0.2, 0.25) is 0 Å². The van der Waals surface area contributed by atoms with E-state index in [9.17, 15) is 14.9 Å². The number of nitro groups is 1. The highest BCUT2D eigenvalue weighted by Gasteiger charge is 2.25. The Bertz CT molecular complexity index is 868. The number of hydrogen-bond acceptors (Lipinski definition) is 5. The predicted molar refractivity (Wildman–Crippen MR) is 84.9 cm³/mol. The van der Waals surface area contributed by atoms with Gasteiger partial charge in [-0.05, 0) is 31.2 Å². The lowest BCUT2D eigenvalue weighted by Crippen LogP contribution is -2.05. The fourth-order valence-corrected chi connectivity index (χ4v) is 2.23. The van der Waals surface area contributed by atoms with Gasteiger partial charge in [0, 0.05) is 11.6 Å². The summed E-state index contributed by atoms with van der Waals surface area (Å²) in [6, 6.07) is 13.5. The van der Waals surface area contributed by atoms with Crippen LogP contribution in [0.25, 0.3) is 6.08 Å². The van der Waals surface area contributed by atoms with Crippen LogP contribution in [0.4, 0.5) is 5.69 Å². The molecule has 2 aromatic rings. The van der Waals surface area contributed by atoms with E-state index < -0.39 is 10.9 Å². The largest absolute Gasteiger partial charge is 0.402 e. The first-order valence-corrected chi connectivity index (χ1v) is 6.87. The number of carbonyl (C=O) groups is 1. The van der Waals surface area contributed by atoms with Gasteiger partial charge in [0.2, 0.25) is 5.90 Å². The lowest BCUT2D eigenvalue weighted by Gasteiger charge is -1.99. The van der Waals surface area contributed by atoms with Crippen LogP contribution < -0.4 is 0 Å². The van der Waals surface area contributed by atoms with Gasteiger partial charge in [0.15, 0.2) is 5.70 Å². The van der Waals surface area contributed by atoms with Crippen molar-refractivity contribution >= 4 is 23.6 Å². The molecular formula is C17H12N2O4. The Labute approximate surface area is 131 Å². The second kappa shape index (κ2) is 5.84. The van der Waals surface area contributed by atoms with E-state index in [1.165, 1.54) is 12.1 Å². The molecule has 0 amide bonds. The molecule has 0 atom stereocenters. The summed E-state index contributed by atoms with van der Waals surface area (Å²) >= 11 is 0. The Morgan fingerprint density at radius 2 is 1.96 bits per heavy atom. The topological polar surface area (TPSA) is 81.8 Å². The molecule has 0 fully saturated rings. The highest BCUT2D eigenvalue weighted by Crippen LogP contribution is 2.24. The van der Waals surface area contributed by atoms with Crippen molar-refractivity contribution in [1.29, 1.82) is 0 Å². The van der Waals surface area contributed by atoms with Crippen molar-refractivity contribution in [3.63, 3.8) is 0 Å². The number of rotatable bonds is 3. The Morgan fingerprint density at radius 3 is 2.70 bits per heavy atom. The molecule has 2 aromatic carbocycles. The van der Waals surface area contributed by atoms with Crippen molar-refractivity contribution in [1.82, 2.24) is 0 Å². The highest BCUT2D eigenvalue weighted by molar-refractivity contribution is 6.13. The van der Waals surface area contributed by atoms with E-state index in [2.05, 4.69) is 4.99 Å². The smallest absolute Gasteiger partial charge is 0.363 e. The van der Waals surface area contributed by atoms with Crippen LogP contribution in [-0.4, -0.2) is 16.8 Å². The summed E-state index contributed by atoms with van der Waals surface area (Å²) in [5.41, 5.74) is 1.95. The van der Waals surface area contributed by atoms with Gasteiger partial charge < -0.3 is 4.74 Å². The highest BCUT2D eigenvalue weighted by atomic mass is 16.6. The summed E-state index contributed by atoms with van der Waals surface area (Å²) in [6.07, 6.45) is 1.36. The van der Waals surface area contributed by atoms with Gasteiger partial charge in [-0.25, -0.2) is 9.79 Å². The summed E-state index contributed by atoms with van der Waals surface area (Å²) in [5.74, 6) is -0.428. The summed E-state index contributed by atoms with van der Waals surface area (Å²) in [6.45, 7) is 1.92. The Kier molecular flexibility index (Phi) is 3.72. The minimum atomic E-state index is -0.625. The third kappa shape index (κ3) is 3.01. The standard InChI is InChI=1S/C17H12N2O4/c1-11-5-4-7-13(9-11)16-18-14(17(20)23-16)10-12-6-2-3-8-15(12)19(21)22/h2-10H,1H3. The number of nitrogens with zero attached hydrogens (tertiary/aromatic N) is 2. The summed E-state index contributed by atoms with van der Waals surface area (Å²) in [4.78, 5) is 26.6. The van der Waals surface area contributed by atoms with Gasteiger partial charge in [0.25, 0.3) is 5.69 Å². The van der Waals surface area contributed by atoms with Crippen molar-refractivity contribution in [2.24, 2.45) is 4.99 Å². The number of aliphatic imine (C=N–C) groups is 1. The number of ether oxygens (including phenoxy) is 1. The average Bonchev–Trinajstić information content (AvgIpc) is 2.89. The van der Waals surface area contributed by atoms with Gasteiger partial charge in [-0.3, -0.25) is 10.1 Å². The molecule has 0 spiro atoms. The van der Waals surface area contributed by atoms with Gasteiger partial charge >= 0.3 is 5.97 Å². The predicted octanol–water partition coefficient (Wildman–Crippen LogP) is 3.25. The minimum absolute atomic E-state index is 0.0378. The third-order valence-electron chi connectivity index (χ3n) is 3.31. The van der Waals surface area contributed by atoms with Crippen LogP contribution in [-0.2, 0) is 9.53 Å². The first-order valence-electron chi connectivity index (χ1n) is 6.87. The van der Waals surface area contributed by atoms with Crippen molar-refractivity contribution in [2.45, 2.75) is 6.92 Å². The monoisotopic (exact) mass is 308 g/mol. The molecule has 0 radical (unpaired) electrons. The van der Waals surface area contributed by atoms with Gasteiger partial charge in [0.1, 0.15) is 0 Å². The molecule has 0 saturated heterocycles. The lowest BCUT2D eigenvalue weighted by molar-refractivity contribution is -0.385. The third-order valence-corrected chi connectivity index (χ3v) is 3.31. The zero-order chi connectivity index (χ0) is 16.4. The van der Waals surface area contributed by atoms with E-state index in [0.717, 1.165) is 5.56 Å². The minimum Gasteiger partial charge on any atom is -0.402 e. The molecule has 1 aliphatic rings. The molecule has 0 aromatic heterocycles. The zero-order valence-corrected chi connectivity index (χ0v) is 12.2. The van der Waals surface area contributed by atoms with Crippen molar-refractivity contribution in [2.75, 3.05) is 0 Å². The van der Waals surface area contributed by atoms with E-state index in [1.807, 2.05) is 25.1 Å². The van der Waals surface area contributed by atoms with Crippen LogP contribution in [0, 0.1) is 17.0 Å². The van der Waals surface area contributed by atoms with Crippen molar-refractivity contribution in [3.8, 4) is 0 Å². The maximum atomic E-state index is 12.0. The van der Waals surface area contributed by atoms with Gasteiger partial charge in [0.05, 0.1) is 10.5 Å². The molecule has 6 nitrogen and oxygen atoms in total. The van der Waals surface area contributed by atoms with E-state index in [1.54, 1.807) is 24.3 Å². The summed E-state index contributed by atoms with van der Waals surface area (Å²) < 4.78 is 5.16. The normalized spacial score (nSPS) is 15.4. The molecule has 0 saturated carbocycles. The van der Waals surface area contributed by atoms with Crippen LogP contribution in [0.1, 0.15) is 16.7 Å². The first kappa shape index (κ1) is 14.6. The zero-order valence-electron chi connectivity index (χ0n) is 12.2. The number of para-hydroxylation sites is 1. The molecule has 0 aliphatic carbocycles. The Balaban J connectivity index is 2.01. The van der Waals surface area contributed by atoms with E-state index in [4.69, 9.17) is 4.74 Å². The second-order valence-electron chi connectivity index (χ2n) is 5.02. The van der Waals surface area contributed by atoms with Crippen molar-refractivity contribution in [3.05, 3.63) is 81.0 Å². The fourth-order valence-electron chi connectivity index (χ4n) is 2.23. The molecule has 23 heavy (non-hydrogen) atoms. The quantitative estimate of drug-likeness (QED) is 0.377. The van der Waals surface area contributed by atoms with Gasteiger partial charge in [-0.15, -0.1) is 0 Å². The van der Waals surface area contributed by atoms with E-state index in [-0.39, 0.29) is 17.3 Å². The molecule has 1 heterocycles. The van der Waals surface area contributed by atoms with Crippen LogP contribution in [0.5, 0.6) is 0 Å². The number of cyclic esters (lactones) is 1. The molecule has 0 unspecified atom stereocenters. The molecule has 0 N–H and O–H groups in total. The molecule has 0 bridgehead atoms. The summed E-state index contributed by atoms with van der Waals surface area (Å²) in [7, 11) is 0. The van der Waals surface area contributed by atoms with Gasteiger partial charge in [-0.2, -0.15) is 0 Å². The van der Waals surface area contributed by atoms with E-state index in [0.29, 0.717) is 11.1 Å². The Morgan fingerprint density at radius 1 is 1.17 bits per heavy atom. The number of carbonyl (C=O) groups excluding carboxylic acids is 1. The van der Waals surface area contributed by atoms with Gasteiger partial charge in [-0.1, -0.05) is 29.8 Å². The maximum Gasteiger partial charge on any atom is 0.363 e. The maximum absolute atomic E-state index is 12.0. The summed E-state index contributed by atoms with van der Waals surface area (Å²) in [5, 5.41) is 11.0. The number of esters is 1. The first-order chi connectivity index (χ1) is 11.0. The SMILES string of the molecule is Cc1cccc(C2=NC(=Cc3ccccc3[N+](=O)[O-])C(=O)O2)c1.